The van der Waals surface area contributed by atoms with E-state index in [0.717, 1.165) is 24.0 Å². The molecule has 0 heterocycles. The van der Waals surface area contributed by atoms with Crippen molar-refractivity contribution in [3.05, 3.63) is 29.3 Å². The van der Waals surface area contributed by atoms with Crippen molar-refractivity contribution in [1.29, 1.82) is 0 Å². The van der Waals surface area contributed by atoms with Crippen molar-refractivity contribution in [3.8, 4) is 0 Å². The number of benzene rings is 1. The Balaban J connectivity index is 2.18. The van der Waals surface area contributed by atoms with Crippen molar-refractivity contribution in [1.82, 2.24) is 4.72 Å². The van der Waals surface area contributed by atoms with Crippen molar-refractivity contribution >= 4 is 10.0 Å². The van der Waals surface area contributed by atoms with Gasteiger partial charge in [0.25, 0.3) is 0 Å². The van der Waals surface area contributed by atoms with Gasteiger partial charge >= 0.3 is 0 Å². The number of hydrogen-bond donors (Lipinski definition) is 2. The summed E-state index contributed by atoms with van der Waals surface area (Å²) >= 11 is 0. The molecule has 5 heteroatoms. The highest BCUT2D eigenvalue weighted by atomic mass is 32.2. The lowest BCUT2D eigenvalue weighted by Gasteiger charge is -2.30. The van der Waals surface area contributed by atoms with Crippen LogP contribution in [-0.4, -0.2) is 21.0 Å². The largest absolute Gasteiger partial charge is 0.329 e. The van der Waals surface area contributed by atoms with Crippen LogP contribution in [0.2, 0.25) is 0 Å². The topological polar surface area (TPSA) is 72.2 Å². The summed E-state index contributed by atoms with van der Waals surface area (Å²) in [6, 6.07) is 5.25. The second kappa shape index (κ2) is 6.90. The first-order chi connectivity index (χ1) is 9.94. The summed E-state index contributed by atoms with van der Waals surface area (Å²) in [5, 5.41) is 0. The van der Waals surface area contributed by atoms with E-state index >= 15 is 0 Å². The van der Waals surface area contributed by atoms with Crippen LogP contribution in [0.4, 0.5) is 0 Å². The number of aryl methyl sites for hydroxylation is 2. The fourth-order valence-corrected chi connectivity index (χ4v) is 4.78. The van der Waals surface area contributed by atoms with E-state index in [2.05, 4.69) is 4.72 Å². The molecule has 2 rings (SSSR count). The zero-order valence-electron chi connectivity index (χ0n) is 12.9. The summed E-state index contributed by atoms with van der Waals surface area (Å²) in [5.41, 5.74) is 7.67. The lowest BCUT2D eigenvalue weighted by molar-refractivity contribution is 0.294. The van der Waals surface area contributed by atoms with E-state index in [1.54, 1.807) is 6.07 Å². The van der Waals surface area contributed by atoms with Gasteiger partial charge in [0.05, 0.1) is 4.90 Å². The summed E-state index contributed by atoms with van der Waals surface area (Å²) in [4.78, 5) is 0.363. The third-order valence-electron chi connectivity index (χ3n) is 4.40. The minimum absolute atomic E-state index is 0.156. The molecule has 1 unspecified atom stereocenters. The van der Waals surface area contributed by atoms with Crippen molar-refractivity contribution in [2.24, 2.45) is 11.7 Å². The van der Waals surface area contributed by atoms with E-state index in [1.165, 1.54) is 19.3 Å². The third-order valence-corrected chi connectivity index (χ3v) is 6.05. The molecule has 0 radical (unpaired) electrons. The quantitative estimate of drug-likeness (QED) is 0.877. The minimum Gasteiger partial charge on any atom is -0.329 e. The van der Waals surface area contributed by atoms with Gasteiger partial charge in [-0.05, 0) is 44.2 Å². The zero-order valence-corrected chi connectivity index (χ0v) is 13.7. The lowest BCUT2D eigenvalue weighted by atomic mass is 9.84. The van der Waals surface area contributed by atoms with Crippen LogP contribution in [0.15, 0.2) is 23.1 Å². The molecular formula is C16H26N2O2S. The molecule has 1 aliphatic rings. The summed E-state index contributed by atoms with van der Waals surface area (Å²) in [5.74, 6) is 0.365. The number of sulfonamides is 1. The predicted molar refractivity (Wildman–Crippen MR) is 85.7 cm³/mol. The Labute approximate surface area is 128 Å². The van der Waals surface area contributed by atoms with Crippen LogP contribution in [-0.2, 0) is 10.0 Å². The molecule has 1 saturated carbocycles. The molecule has 1 fully saturated rings. The molecule has 1 aliphatic carbocycles. The Hall–Kier alpha value is -0.910. The highest BCUT2D eigenvalue weighted by Gasteiger charge is 2.28. The fourth-order valence-electron chi connectivity index (χ4n) is 3.24. The number of hydrogen-bond acceptors (Lipinski definition) is 3. The highest BCUT2D eigenvalue weighted by Crippen LogP contribution is 2.27. The molecule has 118 valence electrons. The summed E-state index contributed by atoms with van der Waals surface area (Å²) in [7, 11) is -3.50. The van der Waals surface area contributed by atoms with Gasteiger partial charge in [-0.2, -0.15) is 0 Å². The van der Waals surface area contributed by atoms with Crippen LogP contribution < -0.4 is 10.5 Å². The van der Waals surface area contributed by atoms with E-state index in [1.807, 2.05) is 26.0 Å². The summed E-state index contributed by atoms with van der Waals surface area (Å²) < 4.78 is 28.1. The molecule has 21 heavy (non-hydrogen) atoms. The lowest BCUT2D eigenvalue weighted by Crippen LogP contribution is -2.45. The first-order valence-electron chi connectivity index (χ1n) is 7.73. The molecule has 4 nitrogen and oxygen atoms in total. The molecule has 0 aromatic heterocycles. The van der Waals surface area contributed by atoms with Gasteiger partial charge in [0.15, 0.2) is 0 Å². The van der Waals surface area contributed by atoms with Crippen LogP contribution in [0, 0.1) is 19.8 Å². The Morgan fingerprint density at radius 1 is 1.24 bits per heavy atom. The average Bonchev–Trinajstić information content (AvgIpc) is 2.45. The maximum Gasteiger partial charge on any atom is 0.241 e. The number of rotatable bonds is 5. The minimum atomic E-state index is -3.50. The monoisotopic (exact) mass is 310 g/mol. The Bertz CT molecular complexity index is 578. The van der Waals surface area contributed by atoms with Crippen molar-refractivity contribution in [3.63, 3.8) is 0 Å². The van der Waals surface area contributed by atoms with Crippen molar-refractivity contribution in [2.75, 3.05) is 6.54 Å². The van der Waals surface area contributed by atoms with Gasteiger partial charge in [-0.15, -0.1) is 0 Å². The summed E-state index contributed by atoms with van der Waals surface area (Å²) in [6.07, 6.45) is 5.73. The average molecular weight is 310 g/mol. The third kappa shape index (κ3) is 4.05. The first-order valence-corrected chi connectivity index (χ1v) is 9.22. The van der Waals surface area contributed by atoms with Gasteiger partial charge in [-0.1, -0.05) is 37.0 Å². The van der Waals surface area contributed by atoms with Gasteiger partial charge in [0.1, 0.15) is 0 Å². The van der Waals surface area contributed by atoms with Gasteiger partial charge < -0.3 is 5.73 Å². The van der Waals surface area contributed by atoms with Gasteiger partial charge in [-0.25, -0.2) is 13.1 Å². The first kappa shape index (κ1) is 16.5. The smallest absolute Gasteiger partial charge is 0.241 e. The Morgan fingerprint density at radius 3 is 2.48 bits per heavy atom. The van der Waals surface area contributed by atoms with Crippen LogP contribution in [0.3, 0.4) is 0 Å². The SMILES string of the molecule is Cc1ccc(S(=O)(=O)NC(CN)C2CCCCC2)c(C)c1. The van der Waals surface area contributed by atoms with Gasteiger partial charge in [0.2, 0.25) is 10.0 Å². The Morgan fingerprint density at radius 2 is 1.90 bits per heavy atom. The molecule has 0 saturated heterocycles. The maximum atomic E-state index is 12.6. The normalized spacial score (nSPS) is 18.6. The fraction of sp³-hybridized carbons (Fsp3) is 0.625. The Kier molecular flexibility index (Phi) is 5.41. The van der Waals surface area contributed by atoms with E-state index in [0.29, 0.717) is 17.4 Å². The molecule has 3 N–H and O–H groups in total. The number of nitrogens with one attached hydrogen (secondary N) is 1. The van der Waals surface area contributed by atoms with Crippen LogP contribution in [0.1, 0.15) is 43.2 Å². The second-order valence-electron chi connectivity index (χ2n) is 6.13. The highest BCUT2D eigenvalue weighted by molar-refractivity contribution is 7.89. The van der Waals surface area contributed by atoms with E-state index < -0.39 is 10.0 Å². The van der Waals surface area contributed by atoms with Gasteiger partial charge in [0, 0.05) is 12.6 Å². The van der Waals surface area contributed by atoms with Crippen LogP contribution in [0.25, 0.3) is 0 Å². The molecule has 1 aromatic rings. The predicted octanol–water partition coefficient (Wildman–Crippen LogP) is 2.49. The summed E-state index contributed by atoms with van der Waals surface area (Å²) in [6.45, 7) is 4.15. The van der Waals surface area contributed by atoms with Gasteiger partial charge in [-0.3, -0.25) is 0 Å². The second-order valence-corrected chi connectivity index (χ2v) is 7.81. The standard InChI is InChI=1S/C16H26N2O2S/c1-12-8-9-16(13(2)10-12)21(19,20)18-15(11-17)14-6-4-3-5-7-14/h8-10,14-15,18H,3-7,11,17H2,1-2H3. The van der Waals surface area contributed by atoms with E-state index in [4.69, 9.17) is 5.73 Å². The molecule has 0 amide bonds. The molecule has 0 bridgehead atoms. The van der Waals surface area contributed by atoms with Crippen LogP contribution in [0.5, 0.6) is 0 Å². The molecule has 0 aliphatic heterocycles. The van der Waals surface area contributed by atoms with Crippen LogP contribution >= 0.6 is 0 Å². The maximum absolute atomic E-state index is 12.6. The van der Waals surface area contributed by atoms with Crippen molar-refractivity contribution in [2.45, 2.75) is 56.9 Å². The molecule has 1 aromatic carbocycles. The van der Waals surface area contributed by atoms with E-state index in [-0.39, 0.29) is 6.04 Å². The van der Waals surface area contributed by atoms with Crippen molar-refractivity contribution < 1.29 is 8.42 Å². The molecule has 0 spiro atoms. The molecular weight excluding hydrogens is 284 g/mol. The molecule has 1 atom stereocenters. The van der Waals surface area contributed by atoms with E-state index in [9.17, 15) is 8.42 Å². The zero-order chi connectivity index (χ0) is 15.5. The number of nitrogens with two attached hydrogens (primary N) is 1.